The van der Waals surface area contributed by atoms with Crippen LogP contribution in [0.1, 0.15) is 5.56 Å². The minimum absolute atomic E-state index is 0.0211. The van der Waals surface area contributed by atoms with E-state index >= 15 is 0 Å². The maximum absolute atomic E-state index is 9.06. The first kappa shape index (κ1) is 11.6. The molecule has 1 aromatic rings. The molecule has 1 atom stereocenters. The summed E-state index contributed by atoms with van der Waals surface area (Å²) in [5, 5.41) is 17.8. The zero-order valence-corrected chi connectivity index (χ0v) is 9.33. The van der Waals surface area contributed by atoms with Gasteiger partial charge in [0, 0.05) is 19.3 Å². The van der Waals surface area contributed by atoms with Crippen LogP contribution in [0.2, 0.25) is 0 Å². The largest absolute Gasteiger partial charge is 0.396 e. The number of nitrogen functional groups attached to an aromatic ring is 1. The van der Waals surface area contributed by atoms with E-state index in [1.807, 2.05) is 11.0 Å². The molecule has 1 saturated heterocycles. The van der Waals surface area contributed by atoms with Gasteiger partial charge in [0.1, 0.15) is 6.07 Å². The SMILES string of the molecule is N#Cc1cnc(N2CCOC(CO)C2)c(N)c1. The maximum atomic E-state index is 9.06. The molecule has 0 saturated carbocycles. The molecule has 0 radical (unpaired) electrons. The van der Waals surface area contributed by atoms with E-state index in [9.17, 15) is 0 Å². The van der Waals surface area contributed by atoms with Crippen LogP contribution in [0.25, 0.3) is 0 Å². The van der Waals surface area contributed by atoms with E-state index in [4.69, 9.17) is 20.8 Å². The number of ether oxygens (including phenoxy) is 1. The fourth-order valence-corrected chi connectivity index (χ4v) is 1.82. The lowest BCUT2D eigenvalue weighted by Crippen LogP contribution is -2.44. The van der Waals surface area contributed by atoms with Crippen LogP contribution in [-0.2, 0) is 4.74 Å². The second kappa shape index (κ2) is 4.99. The summed E-state index contributed by atoms with van der Waals surface area (Å²) in [6, 6.07) is 3.60. The smallest absolute Gasteiger partial charge is 0.152 e. The standard InChI is InChI=1S/C11H14N4O2/c12-4-8-3-10(13)11(14-5-8)15-1-2-17-9(6-15)7-16/h3,5,9,16H,1-2,6-7,13H2. The van der Waals surface area contributed by atoms with Crippen molar-refractivity contribution in [2.45, 2.75) is 6.10 Å². The highest BCUT2D eigenvalue weighted by atomic mass is 16.5. The van der Waals surface area contributed by atoms with Crippen LogP contribution in [-0.4, -0.2) is 42.5 Å². The van der Waals surface area contributed by atoms with Crippen molar-refractivity contribution in [1.82, 2.24) is 4.98 Å². The van der Waals surface area contributed by atoms with Gasteiger partial charge in [0.05, 0.1) is 30.6 Å². The van der Waals surface area contributed by atoms with Crippen molar-refractivity contribution in [3.05, 3.63) is 17.8 Å². The lowest BCUT2D eigenvalue weighted by Gasteiger charge is -2.33. The van der Waals surface area contributed by atoms with Crippen LogP contribution < -0.4 is 10.6 Å². The Morgan fingerprint density at radius 1 is 1.71 bits per heavy atom. The van der Waals surface area contributed by atoms with Gasteiger partial charge >= 0.3 is 0 Å². The number of hydrogen-bond acceptors (Lipinski definition) is 6. The molecule has 90 valence electrons. The Kier molecular flexibility index (Phi) is 3.42. The molecule has 0 aromatic carbocycles. The number of anilines is 2. The molecule has 1 aliphatic rings. The van der Waals surface area contributed by atoms with Gasteiger partial charge in [0.2, 0.25) is 0 Å². The quantitative estimate of drug-likeness (QED) is 0.731. The van der Waals surface area contributed by atoms with Gasteiger partial charge < -0.3 is 20.5 Å². The Morgan fingerprint density at radius 2 is 2.53 bits per heavy atom. The van der Waals surface area contributed by atoms with E-state index in [-0.39, 0.29) is 12.7 Å². The molecule has 2 heterocycles. The predicted octanol–water partition coefficient (Wildman–Crippen LogP) is -0.267. The van der Waals surface area contributed by atoms with Gasteiger partial charge in [0.25, 0.3) is 0 Å². The summed E-state index contributed by atoms with van der Waals surface area (Å²) < 4.78 is 5.35. The number of aromatic nitrogens is 1. The second-order valence-corrected chi connectivity index (χ2v) is 3.87. The number of hydrogen-bond donors (Lipinski definition) is 2. The monoisotopic (exact) mass is 234 g/mol. The van der Waals surface area contributed by atoms with Gasteiger partial charge in [0.15, 0.2) is 5.82 Å². The van der Waals surface area contributed by atoms with Crippen LogP contribution in [0, 0.1) is 11.3 Å². The molecule has 0 amide bonds. The van der Waals surface area contributed by atoms with Crippen molar-refractivity contribution in [2.75, 3.05) is 36.9 Å². The molecule has 0 spiro atoms. The van der Waals surface area contributed by atoms with Crippen molar-refractivity contribution in [3.8, 4) is 6.07 Å². The van der Waals surface area contributed by atoms with Gasteiger partial charge in [-0.2, -0.15) is 5.26 Å². The maximum Gasteiger partial charge on any atom is 0.152 e. The molecule has 0 bridgehead atoms. The van der Waals surface area contributed by atoms with Gasteiger partial charge in [-0.05, 0) is 6.07 Å². The highest BCUT2D eigenvalue weighted by Crippen LogP contribution is 2.22. The van der Waals surface area contributed by atoms with Crippen molar-refractivity contribution < 1.29 is 9.84 Å². The van der Waals surface area contributed by atoms with Gasteiger partial charge in [-0.3, -0.25) is 0 Å². The number of nitrogens with zero attached hydrogens (tertiary/aromatic N) is 3. The summed E-state index contributed by atoms with van der Waals surface area (Å²) in [5.74, 6) is 0.644. The third-order valence-corrected chi connectivity index (χ3v) is 2.67. The van der Waals surface area contributed by atoms with E-state index in [2.05, 4.69) is 4.98 Å². The molecule has 2 rings (SSSR count). The number of morpholine rings is 1. The molecule has 17 heavy (non-hydrogen) atoms. The van der Waals surface area contributed by atoms with Crippen LogP contribution in [0.4, 0.5) is 11.5 Å². The average Bonchev–Trinajstić information content (AvgIpc) is 2.38. The first-order valence-corrected chi connectivity index (χ1v) is 5.37. The van der Waals surface area contributed by atoms with Crippen molar-refractivity contribution in [1.29, 1.82) is 5.26 Å². The highest BCUT2D eigenvalue weighted by Gasteiger charge is 2.22. The van der Waals surface area contributed by atoms with E-state index in [0.29, 0.717) is 36.8 Å². The summed E-state index contributed by atoms with van der Waals surface area (Å²) in [5.41, 5.74) is 6.77. The molecule has 6 nitrogen and oxygen atoms in total. The number of aliphatic hydroxyl groups excluding tert-OH is 1. The third kappa shape index (κ3) is 2.46. The topological polar surface area (TPSA) is 95.4 Å². The van der Waals surface area contributed by atoms with Crippen molar-refractivity contribution in [3.63, 3.8) is 0 Å². The van der Waals surface area contributed by atoms with E-state index < -0.39 is 0 Å². The van der Waals surface area contributed by atoms with Gasteiger partial charge in [-0.25, -0.2) is 4.98 Å². The zero-order valence-electron chi connectivity index (χ0n) is 9.33. The van der Waals surface area contributed by atoms with Crippen molar-refractivity contribution in [2.24, 2.45) is 0 Å². The van der Waals surface area contributed by atoms with Crippen LogP contribution in [0.3, 0.4) is 0 Å². The predicted molar refractivity (Wildman–Crippen MR) is 62.4 cm³/mol. The Labute approximate surface area is 99.2 Å². The first-order valence-electron chi connectivity index (χ1n) is 5.37. The fraction of sp³-hybridized carbons (Fsp3) is 0.455. The van der Waals surface area contributed by atoms with Gasteiger partial charge in [-0.1, -0.05) is 0 Å². The van der Waals surface area contributed by atoms with E-state index in [0.717, 1.165) is 0 Å². The molecule has 1 unspecified atom stereocenters. The average molecular weight is 234 g/mol. The van der Waals surface area contributed by atoms with Crippen LogP contribution >= 0.6 is 0 Å². The molecule has 1 fully saturated rings. The summed E-state index contributed by atoms with van der Waals surface area (Å²) in [6.07, 6.45) is 1.29. The Morgan fingerprint density at radius 3 is 3.18 bits per heavy atom. The molecule has 1 aromatic heterocycles. The minimum atomic E-state index is -0.208. The first-order chi connectivity index (χ1) is 8.24. The number of nitrogens with two attached hydrogens (primary N) is 1. The van der Waals surface area contributed by atoms with Crippen LogP contribution in [0.5, 0.6) is 0 Å². The molecule has 0 aliphatic carbocycles. The van der Waals surface area contributed by atoms with Gasteiger partial charge in [-0.15, -0.1) is 0 Å². The minimum Gasteiger partial charge on any atom is -0.396 e. The normalized spacial score (nSPS) is 20.0. The summed E-state index contributed by atoms with van der Waals surface area (Å²) in [6.45, 7) is 1.75. The van der Waals surface area contributed by atoms with Crippen molar-refractivity contribution >= 4 is 11.5 Å². The number of rotatable bonds is 2. The lowest BCUT2D eigenvalue weighted by atomic mass is 10.2. The zero-order chi connectivity index (χ0) is 12.3. The van der Waals surface area contributed by atoms with E-state index in [1.54, 1.807) is 6.07 Å². The fourth-order valence-electron chi connectivity index (χ4n) is 1.82. The third-order valence-electron chi connectivity index (χ3n) is 2.67. The summed E-state index contributed by atoms with van der Waals surface area (Å²) >= 11 is 0. The number of nitriles is 1. The molecule has 3 N–H and O–H groups in total. The summed E-state index contributed by atoms with van der Waals surface area (Å²) in [4.78, 5) is 6.14. The molecule has 1 aliphatic heterocycles. The second-order valence-electron chi connectivity index (χ2n) is 3.87. The Balaban J connectivity index is 2.19. The molecule has 6 heteroatoms. The lowest BCUT2D eigenvalue weighted by molar-refractivity contribution is 0.00340. The van der Waals surface area contributed by atoms with E-state index in [1.165, 1.54) is 6.20 Å². The number of pyridine rings is 1. The summed E-state index contributed by atoms with van der Waals surface area (Å²) in [7, 11) is 0. The Bertz CT molecular complexity index is 444. The molecular weight excluding hydrogens is 220 g/mol. The Hall–Kier alpha value is -1.84. The number of aliphatic hydroxyl groups is 1. The highest BCUT2D eigenvalue weighted by molar-refractivity contribution is 5.64. The van der Waals surface area contributed by atoms with Crippen LogP contribution in [0.15, 0.2) is 12.3 Å². The molecular formula is C11H14N4O2.